The second-order valence-corrected chi connectivity index (χ2v) is 6.07. The summed E-state index contributed by atoms with van der Waals surface area (Å²) in [5.41, 5.74) is 1.00. The highest BCUT2D eigenvalue weighted by Crippen LogP contribution is 2.30. The van der Waals surface area contributed by atoms with Gasteiger partial charge in [0.25, 0.3) is 0 Å². The van der Waals surface area contributed by atoms with Gasteiger partial charge in [-0.05, 0) is 44.9 Å². The average Bonchev–Trinajstić information content (AvgIpc) is 2.37. The first kappa shape index (κ1) is 15.4. The topological polar surface area (TPSA) is 49.8 Å². The smallest absolute Gasteiger partial charge is 0.410 e. The van der Waals surface area contributed by atoms with Crippen LogP contribution >= 0.6 is 0 Å². The number of aromatic hydroxyl groups is 1. The van der Waals surface area contributed by atoms with Crippen molar-refractivity contribution in [3.8, 4) is 5.75 Å². The highest BCUT2D eigenvalue weighted by molar-refractivity contribution is 5.74. The van der Waals surface area contributed by atoms with Crippen molar-refractivity contribution >= 4 is 11.7 Å². The number of phenolic OH excluding ortho intramolecular Hbond substituents is 1. The second-order valence-electron chi connectivity index (χ2n) is 6.07. The molecule has 5 heteroatoms. The molecule has 4 nitrogen and oxygen atoms in total. The van der Waals surface area contributed by atoms with Gasteiger partial charge in [0.1, 0.15) is 17.2 Å². The van der Waals surface area contributed by atoms with Gasteiger partial charge in [-0.1, -0.05) is 6.08 Å². The molecule has 0 bridgehead atoms. The SMILES string of the molecule is CC(C)(C)OC(=O)N1CC=C(c2ccc(F)cc2O)CC1. The molecule has 1 amide bonds. The summed E-state index contributed by atoms with van der Waals surface area (Å²) in [5, 5.41) is 9.79. The van der Waals surface area contributed by atoms with Crippen molar-refractivity contribution in [2.75, 3.05) is 13.1 Å². The number of benzene rings is 1. The molecule has 0 saturated heterocycles. The summed E-state index contributed by atoms with van der Waals surface area (Å²) < 4.78 is 18.3. The van der Waals surface area contributed by atoms with Gasteiger partial charge in [-0.25, -0.2) is 9.18 Å². The third-order valence-electron chi connectivity index (χ3n) is 3.17. The van der Waals surface area contributed by atoms with E-state index >= 15 is 0 Å². The van der Waals surface area contributed by atoms with E-state index in [4.69, 9.17) is 4.74 Å². The van der Waals surface area contributed by atoms with E-state index in [1.807, 2.05) is 26.8 Å². The van der Waals surface area contributed by atoms with Crippen LogP contribution in [0.25, 0.3) is 5.57 Å². The van der Waals surface area contributed by atoms with E-state index in [0.29, 0.717) is 25.1 Å². The standard InChI is InChI=1S/C16H20FNO3/c1-16(2,3)21-15(20)18-8-6-11(7-9-18)13-5-4-12(17)10-14(13)19/h4-6,10,19H,7-9H2,1-3H3. The van der Waals surface area contributed by atoms with Crippen LogP contribution in [0.15, 0.2) is 24.3 Å². The lowest BCUT2D eigenvalue weighted by atomic mass is 9.98. The number of carbonyl (C=O) groups excluding carboxylic acids is 1. The maximum atomic E-state index is 13.0. The van der Waals surface area contributed by atoms with E-state index in [9.17, 15) is 14.3 Å². The van der Waals surface area contributed by atoms with Gasteiger partial charge in [-0.2, -0.15) is 0 Å². The summed E-state index contributed by atoms with van der Waals surface area (Å²) in [6.07, 6.45) is 2.11. The predicted octanol–water partition coefficient (Wildman–Crippen LogP) is 3.56. The Bertz CT molecular complexity index is 575. The highest BCUT2D eigenvalue weighted by Gasteiger charge is 2.24. The first-order chi connectivity index (χ1) is 9.76. The van der Waals surface area contributed by atoms with Gasteiger partial charge in [-0.3, -0.25) is 0 Å². The molecule has 1 aliphatic rings. The van der Waals surface area contributed by atoms with E-state index in [1.165, 1.54) is 6.07 Å². The minimum absolute atomic E-state index is 0.0769. The largest absolute Gasteiger partial charge is 0.507 e. The summed E-state index contributed by atoms with van der Waals surface area (Å²) in [7, 11) is 0. The van der Waals surface area contributed by atoms with Crippen LogP contribution in [0.2, 0.25) is 0 Å². The van der Waals surface area contributed by atoms with Crippen molar-refractivity contribution in [2.24, 2.45) is 0 Å². The first-order valence-corrected chi connectivity index (χ1v) is 6.92. The number of nitrogens with zero attached hydrogens (tertiary/aromatic N) is 1. The number of hydrogen-bond acceptors (Lipinski definition) is 3. The fourth-order valence-electron chi connectivity index (χ4n) is 2.18. The molecule has 0 aliphatic carbocycles. The van der Waals surface area contributed by atoms with Crippen LogP contribution in [-0.4, -0.2) is 34.8 Å². The quantitative estimate of drug-likeness (QED) is 0.861. The Balaban J connectivity index is 2.07. The van der Waals surface area contributed by atoms with Crippen LogP contribution in [-0.2, 0) is 4.74 Å². The minimum atomic E-state index is -0.518. The van der Waals surface area contributed by atoms with Crippen molar-refractivity contribution in [1.82, 2.24) is 4.90 Å². The van der Waals surface area contributed by atoms with Crippen LogP contribution in [0, 0.1) is 5.82 Å². The molecule has 0 unspecified atom stereocenters. The Morgan fingerprint density at radius 3 is 2.62 bits per heavy atom. The van der Waals surface area contributed by atoms with Crippen molar-refractivity contribution in [1.29, 1.82) is 0 Å². The van der Waals surface area contributed by atoms with Gasteiger partial charge < -0.3 is 14.7 Å². The van der Waals surface area contributed by atoms with E-state index in [1.54, 1.807) is 11.0 Å². The van der Waals surface area contributed by atoms with Gasteiger partial charge in [0.05, 0.1) is 0 Å². The summed E-state index contributed by atoms with van der Waals surface area (Å²) in [6, 6.07) is 3.96. The number of halogens is 1. The summed E-state index contributed by atoms with van der Waals surface area (Å²) in [6.45, 7) is 6.41. The molecule has 1 aromatic carbocycles. The number of hydrogen-bond donors (Lipinski definition) is 1. The van der Waals surface area contributed by atoms with E-state index in [-0.39, 0.29) is 11.8 Å². The maximum Gasteiger partial charge on any atom is 0.410 e. The molecule has 2 rings (SSSR count). The van der Waals surface area contributed by atoms with E-state index in [2.05, 4.69) is 0 Å². The highest BCUT2D eigenvalue weighted by atomic mass is 19.1. The number of carbonyl (C=O) groups is 1. The lowest BCUT2D eigenvalue weighted by molar-refractivity contribution is 0.0270. The monoisotopic (exact) mass is 293 g/mol. The third kappa shape index (κ3) is 3.97. The van der Waals surface area contributed by atoms with Crippen LogP contribution in [0.4, 0.5) is 9.18 Å². The normalized spacial score (nSPS) is 15.6. The molecule has 0 aromatic heterocycles. The minimum Gasteiger partial charge on any atom is -0.507 e. The number of rotatable bonds is 1. The zero-order chi connectivity index (χ0) is 15.6. The van der Waals surface area contributed by atoms with Crippen LogP contribution < -0.4 is 0 Å². The van der Waals surface area contributed by atoms with Crippen LogP contribution in [0.1, 0.15) is 32.8 Å². The zero-order valence-corrected chi connectivity index (χ0v) is 12.5. The molecule has 0 fully saturated rings. The van der Waals surface area contributed by atoms with Crippen LogP contribution in [0.5, 0.6) is 5.75 Å². The Kier molecular flexibility index (Phi) is 4.21. The summed E-state index contributed by atoms with van der Waals surface area (Å²) in [5.74, 6) is -0.546. The second kappa shape index (κ2) is 5.76. The van der Waals surface area contributed by atoms with Crippen molar-refractivity contribution in [3.63, 3.8) is 0 Å². The molecule has 0 atom stereocenters. The van der Waals surface area contributed by atoms with Gasteiger partial charge in [0.2, 0.25) is 0 Å². The molecule has 0 saturated carbocycles. The Morgan fingerprint density at radius 2 is 2.10 bits per heavy atom. The fourth-order valence-corrected chi connectivity index (χ4v) is 2.18. The van der Waals surface area contributed by atoms with Crippen LogP contribution in [0.3, 0.4) is 0 Å². The lowest BCUT2D eigenvalue weighted by Crippen LogP contribution is -2.39. The fraction of sp³-hybridized carbons (Fsp3) is 0.438. The summed E-state index contributed by atoms with van der Waals surface area (Å²) >= 11 is 0. The molecule has 1 N–H and O–H groups in total. The first-order valence-electron chi connectivity index (χ1n) is 6.92. The number of ether oxygens (including phenoxy) is 1. The number of amides is 1. The van der Waals surface area contributed by atoms with Crippen molar-refractivity contribution in [3.05, 3.63) is 35.7 Å². The molecule has 1 aliphatic heterocycles. The zero-order valence-electron chi connectivity index (χ0n) is 12.5. The molecule has 114 valence electrons. The molecule has 1 aromatic rings. The Morgan fingerprint density at radius 1 is 1.38 bits per heavy atom. The van der Waals surface area contributed by atoms with Gasteiger partial charge >= 0.3 is 6.09 Å². The van der Waals surface area contributed by atoms with Gasteiger partial charge in [0.15, 0.2) is 0 Å². The van der Waals surface area contributed by atoms with Gasteiger partial charge in [-0.15, -0.1) is 0 Å². The molecule has 1 heterocycles. The average molecular weight is 293 g/mol. The summed E-state index contributed by atoms with van der Waals surface area (Å²) in [4.78, 5) is 13.6. The Hall–Kier alpha value is -2.04. The molecule has 0 spiro atoms. The molecular weight excluding hydrogens is 273 g/mol. The Labute approximate surface area is 123 Å². The molecule has 0 radical (unpaired) electrons. The third-order valence-corrected chi connectivity index (χ3v) is 3.17. The maximum absolute atomic E-state index is 13.0. The van der Waals surface area contributed by atoms with E-state index < -0.39 is 11.4 Å². The lowest BCUT2D eigenvalue weighted by Gasteiger charge is -2.29. The molecular formula is C16H20FNO3. The number of phenols is 1. The molecule has 21 heavy (non-hydrogen) atoms. The van der Waals surface area contributed by atoms with E-state index in [0.717, 1.165) is 11.6 Å². The van der Waals surface area contributed by atoms with Gasteiger partial charge in [0, 0.05) is 24.7 Å². The van der Waals surface area contributed by atoms with Crippen molar-refractivity contribution in [2.45, 2.75) is 32.8 Å². The van der Waals surface area contributed by atoms with Crippen molar-refractivity contribution < 1.29 is 19.0 Å². The predicted molar refractivity (Wildman–Crippen MR) is 78.5 cm³/mol.